The summed E-state index contributed by atoms with van der Waals surface area (Å²) < 4.78 is 7.24. The Morgan fingerprint density at radius 2 is 1.65 bits per heavy atom. The lowest BCUT2D eigenvalue weighted by molar-refractivity contribution is -0.136. The van der Waals surface area contributed by atoms with Crippen LogP contribution in [0.3, 0.4) is 0 Å². The van der Waals surface area contributed by atoms with Crippen LogP contribution in [0.2, 0.25) is 0 Å². The molecule has 0 aromatic heterocycles. The van der Waals surface area contributed by atoms with E-state index in [9.17, 15) is 4.79 Å². The summed E-state index contributed by atoms with van der Waals surface area (Å²) >= 11 is 6.83. The van der Waals surface area contributed by atoms with Crippen molar-refractivity contribution in [2.45, 2.75) is 13.0 Å². The molecule has 0 aliphatic carbocycles. The van der Waals surface area contributed by atoms with Gasteiger partial charge in [-0.1, -0.05) is 30.3 Å². The van der Waals surface area contributed by atoms with Crippen LogP contribution in [0, 0.1) is 0 Å². The maximum Gasteiger partial charge on any atom is 0.307 e. The highest BCUT2D eigenvalue weighted by Crippen LogP contribution is 2.35. The number of hydrogen-bond donors (Lipinski definition) is 1. The molecule has 104 valence electrons. The number of halogens is 2. The Morgan fingerprint density at radius 3 is 2.20 bits per heavy atom. The van der Waals surface area contributed by atoms with Crippen molar-refractivity contribution in [3.63, 3.8) is 0 Å². The Morgan fingerprint density at radius 1 is 1.05 bits per heavy atom. The molecule has 0 fully saturated rings. The smallest absolute Gasteiger partial charge is 0.307 e. The molecule has 3 nitrogen and oxygen atoms in total. The van der Waals surface area contributed by atoms with Crippen molar-refractivity contribution in [3.8, 4) is 5.75 Å². The van der Waals surface area contributed by atoms with Crippen molar-refractivity contribution in [1.82, 2.24) is 0 Å². The molecule has 0 saturated carbocycles. The number of rotatable bonds is 5. The predicted octanol–water partition coefficient (Wildman–Crippen LogP) is 4.42. The molecule has 0 saturated heterocycles. The molecule has 0 spiro atoms. The van der Waals surface area contributed by atoms with E-state index in [-0.39, 0.29) is 6.42 Å². The normalized spacial score (nSPS) is 10.3. The van der Waals surface area contributed by atoms with Gasteiger partial charge >= 0.3 is 5.97 Å². The second kappa shape index (κ2) is 6.90. The number of carbonyl (C=O) groups is 1. The van der Waals surface area contributed by atoms with Crippen LogP contribution in [-0.4, -0.2) is 11.1 Å². The molecule has 0 bridgehead atoms. The van der Waals surface area contributed by atoms with Gasteiger partial charge in [0.1, 0.15) is 12.4 Å². The van der Waals surface area contributed by atoms with Crippen LogP contribution < -0.4 is 4.74 Å². The summed E-state index contributed by atoms with van der Waals surface area (Å²) in [6.07, 6.45) is -0.0177. The minimum Gasteiger partial charge on any atom is -0.487 e. The zero-order chi connectivity index (χ0) is 14.5. The van der Waals surface area contributed by atoms with Crippen molar-refractivity contribution in [3.05, 3.63) is 62.5 Å². The van der Waals surface area contributed by atoms with E-state index in [4.69, 9.17) is 9.84 Å². The van der Waals surface area contributed by atoms with Crippen molar-refractivity contribution in [2.75, 3.05) is 0 Å². The molecule has 2 aromatic carbocycles. The van der Waals surface area contributed by atoms with Gasteiger partial charge in [0, 0.05) is 0 Å². The Bertz CT molecular complexity index is 589. The lowest BCUT2D eigenvalue weighted by Crippen LogP contribution is -2.02. The summed E-state index contributed by atoms with van der Waals surface area (Å²) in [4.78, 5) is 10.7. The Balaban J connectivity index is 2.14. The van der Waals surface area contributed by atoms with E-state index in [0.717, 1.165) is 14.5 Å². The third-order valence-corrected chi connectivity index (χ3v) is 3.82. The standard InChI is InChI=1S/C15H12Br2O3/c16-12-6-11(8-14(18)19)7-13(17)15(12)20-9-10-4-2-1-3-5-10/h1-7H,8-9H2,(H,18,19). The van der Waals surface area contributed by atoms with Gasteiger partial charge in [-0.05, 0) is 55.1 Å². The van der Waals surface area contributed by atoms with Crippen LogP contribution in [0.15, 0.2) is 51.4 Å². The third-order valence-electron chi connectivity index (χ3n) is 2.64. The lowest BCUT2D eigenvalue weighted by Gasteiger charge is -2.12. The van der Waals surface area contributed by atoms with E-state index in [2.05, 4.69) is 31.9 Å². The van der Waals surface area contributed by atoms with Gasteiger partial charge in [0.25, 0.3) is 0 Å². The molecule has 0 aliphatic heterocycles. The van der Waals surface area contributed by atoms with E-state index in [1.165, 1.54) is 0 Å². The van der Waals surface area contributed by atoms with Crippen molar-refractivity contribution < 1.29 is 14.6 Å². The highest BCUT2D eigenvalue weighted by molar-refractivity contribution is 9.11. The van der Waals surface area contributed by atoms with Crippen molar-refractivity contribution >= 4 is 37.8 Å². The van der Waals surface area contributed by atoms with E-state index in [1.54, 1.807) is 12.1 Å². The molecule has 0 unspecified atom stereocenters. The third kappa shape index (κ3) is 4.08. The summed E-state index contributed by atoms with van der Waals surface area (Å²) in [5, 5.41) is 8.81. The Hall–Kier alpha value is -1.33. The number of hydrogen-bond acceptors (Lipinski definition) is 2. The average molecular weight is 400 g/mol. The first-order chi connectivity index (χ1) is 9.56. The molecule has 2 rings (SSSR count). The van der Waals surface area contributed by atoms with E-state index in [0.29, 0.717) is 17.9 Å². The number of aliphatic carboxylic acids is 1. The van der Waals surface area contributed by atoms with Gasteiger partial charge in [-0.2, -0.15) is 0 Å². The van der Waals surface area contributed by atoms with Gasteiger partial charge in [-0.25, -0.2) is 0 Å². The molecule has 2 aromatic rings. The molecular formula is C15H12Br2O3. The average Bonchev–Trinajstić information content (AvgIpc) is 2.38. The number of carboxylic acids is 1. The second-order valence-corrected chi connectivity index (χ2v) is 5.94. The van der Waals surface area contributed by atoms with Gasteiger partial charge in [0.05, 0.1) is 15.4 Å². The fraction of sp³-hybridized carbons (Fsp3) is 0.133. The van der Waals surface area contributed by atoms with Crippen LogP contribution in [0.1, 0.15) is 11.1 Å². The van der Waals surface area contributed by atoms with Crippen LogP contribution in [0.4, 0.5) is 0 Å². The van der Waals surface area contributed by atoms with Crippen molar-refractivity contribution in [2.24, 2.45) is 0 Å². The SMILES string of the molecule is O=C(O)Cc1cc(Br)c(OCc2ccccc2)c(Br)c1. The van der Waals surface area contributed by atoms with Gasteiger partial charge in [0.2, 0.25) is 0 Å². The fourth-order valence-electron chi connectivity index (χ4n) is 1.76. The van der Waals surface area contributed by atoms with Gasteiger partial charge < -0.3 is 9.84 Å². The molecule has 20 heavy (non-hydrogen) atoms. The maximum absolute atomic E-state index is 10.7. The lowest BCUT2D eigenvalue weighted by atomic mass is 10.1. The first-order valence-corrected chi connectivity index (χ1v) is 7.51. The van der Waals surface area contributed by atoms with Crippen LogP contribution >= 0.6 is 31.9 Å². The monoisotopic (exact) mass is 398 g/mol. The highest BCUT2D eigenvalue weighted by atomic mass is 79.9. The van der Waals surface area contributed by atoms with Crippen molar-refractivity contribution in [1.29, 1.82) is 0 Å². The molecule has 0 aliphatic rings. The predicted molar refractivity (Wildman–Crippen MR) is 84.0 cm³/mol. The zero-order valence-corrected chi connectivity index (χ0v) is 13.6. The van der Waals surface area contributed by atoms with E-state index in [1.807, 2.05) is 30.3 Å². The highest BCUT2D eigenvalue weighted by Gasteiger charge is 2.11. The topological polar surface area (TPSA) is 46.5 Å². The van der Waals surface area contributed by atoms with E-state index >= 15 is 0 Å². The first kappa shape index (κ1) is 15.1. The van der Waals surface area contributed by atoms with Gasteiger partial charge in [-0.15, -0.1) is 0 Å². The minimum atomic E-state index is -0.859. The molecule has 0 radical (unpaired) electrons. The van der Waals surface area contributed by atoms with Gasteiger partial charge in [0.15, 0.2) is 0 Å². The van der Waals surface area contributed by atoms with E-state index < -0.39 is 5.97 Å². The summed E-state index contributed by atoms with van der Waals surface area (Å²) in [6, 6.07) is 13.4. The Kier molecular flexibility index (Phi) is 5.20. The largest absolute Gasteiger partial charge is 0.487 e. The minimum absolute atomic E-state index is 0.0177. The zero-order valence-electron chi connectivity index (χ0n) is 10.5. The molecule has 1 N–H and O–H groups in total. The maximum atomic E-state index is 10.7. The molecule has 5 heteroatoms. The summed E-state index contributed by atoms with van der Waals surface area (Å²) in [6.45, 7) is 0.455. The first-order valence-electron chi connectivity index (χ1n) is 5.92. The van der Waals surface area contributed by atoms with Crippen LogP contribution in [0.25, 0.3) is 0 Å². The van der Waals surface area contributed by atoms with Crippen LogP contribution in [0.5, 0.6) is 5.75 Å². The Labute approximate surface area is 133 Å². The molecule has 0 atom stereocenters. The number of ether oxygens (including phenoxy) is 1. The van der Waals surface area contributed by atoms with Gasteiger partial charge in [-0.3, -0.25) is 4.79 Å². The summed E-state index contributed by atoms with van der Waals surface area (Å²) in [5.74, 6) is -0.190. The quantitative estimate of drug-likeness (QED) is 0.809. The molecule has 0 amide bonds. The molecular weight excluding hydrogens is 388 g/mol. The number of carboxylic acid groups (broad SMARTS) is 1. The number of benzene rings is 2. The second-order valence-electron chi connectivity index (χ2n) is 4.23. The summed E-state index contributed by atoms with van der Waals surface area (Å²) in [7, 11) is 0. The fourth-order valence-corrected chi connectivity index (χ4v) is 3.27. The van der Waals surface area contributed by atoms with Crippen LogP contribution in [-0.2, 0) is 17.8 Å². The molecule has 0 heterocycles. The summed E-state index contributed by atoms with van der Waals surface area (Å²) in [5.41, 5.74) is 1.78.